The van der Waals surface area contributed by atoms with Crippen molar-refractivity contribution < 1.29 is 19.4 Å². The maximum atomic E-state index is 11.3. The van der Waals surface area contributed by atoms with Crippen LogP contribution in [0.2, 0.25) is 0 Å². The van der Waals surface area contributed by atoms with Gasteiger partial charge >= 0.3 is 5.97 Å². The van der Waals surface area contributed by atoms with Crippen LogP contribution in [0.15, 0.2) is 22.7 Å². The molecule has 0 saturated carbocycles. The maximum Gasteiger partial charge on any atom is 0.305 e. The number of benzene rings is 1. The van der Waals surface area contributed by atoms with Gasteiger partial charge in [-0.25, -0.2) is 0 Å². The molecule has 19 heavy (non-hydrogen) atoms. The van der Waals surface area contributed by atoms with Gasteiger partial charge in [-0.05, 0) is 46.5 Å². The second kappa shape index (κ2) is 8.17. The summed E-state index contributed by atoms with van der Waals surface area (Å²) >= 11 is 3.36. The Bertz CT molecular complexity index is 420. The summed E-state index contributed by atoms with van der Waals surface area (Å²) in [5.41, 5.74) is 0.746. The molecule has 1 rings (SSSR count). The average molecular weight is 331 g/mol. The van der Waals surface area contributed by atoms with E-state index in [1.807, 2.05) is 6.92 Å². The van der Waals surface area contributed by atoms with E-state index < -0.39 is 6.10 Å². The minimum Gasteiger partial charge on any atom is -0.496 e. The SMILES string of the molecule is CCCOC(=O)CCC(O)c1ccc(OC)c(Br)c1. The number of ether oxygens (including phenoxy) is 2. The average Bonchev–Trinajstić information content (AvgIpc) is 2.42. The predicted octanol–water partition coefficient (Wildman–Crippen LogP) is 3.22. The number of rotatable bonds is 7. The van der Waals surface area contributed by atoms with E-state index in [-0.39, 0.29) is 12.4 Å². The molecule has 106 valence electrons. The summed E-state index contributed by atoms with van der Waals surface area (Å²) < 4.78 is 10.9. The lowest BCUT2D eigenvalue weighted by Gasteiger charge is -2.12. The van der Waals surface area contributed by atoms with Crippen LogP contribution in [-0.2, 0) is 9.53 Å². The fourth-order valence-electron chi connectivity index (χ4n) is 1.60. The van der Waals surface area contributed by atoms with Crippen LogP contribution in [0.3, 0.4) is 0 Å². The van der Waals surface area contributed by atoms with Gasteiger partial charge in [0.15, 0.2) is 0 Å². The molecule has 0 amide bonds. The van der Waals surface area contributed by atoms with E-state index in [9.17, 15) is 9.90 Å². The van der Waals surface area contributed by atoms with Crippen LogP contribution in [0, 0.1) is 0 Å². The van der Waals surface area contributed by atoms with E-state index in [2.05, 4.69) is 15.9 Å². The fraction of sp³-hybridized carbons (Fsp3) is 0.500. The first-order chi connectivity index (χ1) is 9.08. The van der Waals surface area contributed by atoms with Crippen molar-refractivity contribution in [3.8, 4) is 5.75 Å². The summed E-state index contributed by atoms with van der Waals surface area (Å²) in [6.45, 7) is 2.38. The van der Waals surface area contributed by atoms with Gasteiger partial charge in [0.25, 0.3) is 0 Å². The number of hydrogen-bond donors (Lipinski definition) is 1. The van der Waals surface area contributed by atoms with Crippen LogP contribution in [0.5, 0.6) is 5.75 Å². The lowest BCUT2D eigenvalue weighted by Crippen LogP contribution is -2.08. The highest BCUT2D eigenvalue weighted by Crippen LogP contribution is 2.29. The first kappa shape index (κ1) is 16.0. The third-order valence-corrected chi connectivity index (χ3v) is 3.27. The zero-order valence-electron chi connectivity index (χ0n) is 11.2. The Labute approximate surface area is 121 Å². The third kappa shape index (κ3) is 5.20. The quantitative estimate of drug-likeness (QED) is 0.780. The summed E-state index contributed by atoms with van der Waals surface area (Å²) in [4.78, 5) is 11.3. The normalized spacial score (nSPS) is 12.0. The van der Waals surface area contributed by atoms with Gasteiger partial charge in [0.05, 0.1) is 24.3 Å². The molecule has 5 heteroatoms. The highest BCUT2D eigenvalue weighted by Gasteiger charge is 2.12. The maximum absolute atomic E-state index is 11.3. The van der Waals surface area contributed by atoms with Gasteiger partial charge in [0.2, 0.25) is 0 Å². The number of carbonyl (C=O) groups excluding carboxylic acids is 1. The monoisotopic (exact) mass is 330 g/mol. The Morgan fingerprint density at radius 1 is 1.47 bits per heavy atom. The lowest BCUT2D eigenvalue weighted by molar-refractivity contribution is -0.144. The summed E-state index contributed by atoms with van der Waals surface area (Å²) in [6, 6.07) is 5.35. The van der Waals surface area contributed by atoms with Crippen LogP contribution in [0.4, 0.5) is 0 Å². The topological polar surface area (TPSA) is 55.8 Å². The van der Waals surface area contributed by atoms with Gasteiger partial charge in [-0.3, -0.25) is 4.79 Å². The Hall–Kier alpha value is -1.07. The molecule has 0 aliphatic heterocycles. The van der Waals surface area contributed by atoms with Crippen LogP contribution in [0.1, 0.15) is 37.9 Å². The zero-order valence-corrected chi connectivity index (χ0v) is 12.8. The molecule has 1 atom stereocenters. The Morgan fingerprint density at radius 2 is 2.21 bits per heavy atom. The predicted molar refractivity (Wildman–Crippen MR) is 76.1 cm³/mol. The van der Waals surface area contributed by atoms with Crippen molar-refractivity contribution in [3.63, 3.8) is 0 Å². The van der Waals surface area contributed by atoms with Crippen molar-refractivity contribution in [1.82, 2.24) is 0 Å². The summed E-state index contributed by atoms with van der Waals surface area (Å²) in [7, 11) is 1.58. The smallest absolute Gasteiger partial charge is 0.305 e. The lowest BCUT2D eigenvalue weighted by atomic mass is 10.0. The number of methoxy groups -OCH3 is 1. The van der Waals surface area contributed by atoms with E-state index in [0.29, 0.717) is 18.8 Å². The summed E-state index contributed by atoms with van der Waals surface area (Å²) in [6.07, 6.45) is 0.683. The Morgan fingerprint density at radius 3 is 2.79 bits per heavy atom. The number of carbonyl (C=O) groups is 1. The van der Waals surface area contributed by atoms with Gasteiger partial charge in [-0.2, -0.15) is 0 Å². The molecule has 0 aliphatic carbocycles. The third-order valence-electron chi connectivity index (χ3n) is 2.65. The highest BCUT2D eigenvalue weighted by molar-refractivity contribution is 9.10. The molecular formula is C14H19BrO4. The number of esters is 1. The molecule has 0 radical (unpaired) electrons. The van der Waals surface area contributed by atoms with Gasteiger partial charge in [-0.1, -0.05) is 13.0 Å². The van der Waals surface area contributed by atoms with E-state index in [1.54, 1.807) is 25.3 Å². The fourth-order valence-corrected chi connectivity index (χ4v) is 2.16. The molecule has 4 nitrogen and oxygen atoms in total. The first-order valence-electron chi connectivity index (χ1n) is 6.25. The van der Waals surface area contributed by atoms with Gasteiger partial charge in [-0.15, -0.1) is 0 Å². The molecule has 1 aromatic rings. The molecular weight excluding hydrogens is 312 g/mol. The largest absolute Gasteiger partial charge is 0.496 e. The van der Waals surface area contributed by atoms with Crippen molar-refractivity contribution in [2.45, 2.75) is 32.3 Å². The van der Waals surface area contributed by atoms with Gasteiger partial charge < -0.3 is 14.6 Å². The Balaban J connectivity index is 2.51. The van der Waals surface area contributed by atoms with Crippen molar-refractivity contribution in [2.75, 3.05) is 13.7 Å². The van der Waals surface area contributed by atoms with Crippen LogP contribution >= 0.6 is 15.9 Å². The van der Waals surface area contributed by atoms with E-state index in [1.165, 1.54) is 0 Å². The van der Waals surface area contributed by atoms with Crippen molar-refractivity contribution in [3.05, 3.63) is 28.2 Å². The molecule has 0 saturated heterocycles. The van der Waals surface area contributed by atoms with E-state index in [0.717, 1.165) is 16.5 Å². The van der Waals surface area contributed by atoms with Gasteiger partial charge in [0.1, 0.15) is 5.75 Å². The Kier molecular flexibility index (Phi) is 6.87. The molecule has 0 aliphatic rings. The second-order valence-corrected chi connectivity index (χ2v) is 5.02. The molecule has 1 N–H and O–H groups in total. The van der Waals surface area contributed by atoms with Crippen molar-refractivity contribution >= 4 is 21.9 Å². The van der Waals surface area contributed by atoms with Crippen LogP contribution in [-0.4, -0.2) is 24.8 Å². The molecule has 1 aromatic carbocycles. The zero-order chi connectivity index (χ0) is 14.3. The molecule has 0 bridgehead atoms. The standard InChI is InChI=1S/C14H19BrO4/c1-3-8-19-14(17)7-5-12(16)10-4-6-13(18-2)11(15)9-10/h4,6,9,12,16H,3,5,7-8H2,1-2H3. The molecule has 0 spiro atoms. The van der Waals surface area contributed by atoms with Crippen LogP contribution in [0.25, 0.3) is 0 Å². The second-order valence-electron chi connectivity index (χ2n) is 4.17. The number of aliphatic hydroxyl groups is 1. The summed E-state index contributed by atoms with van der Waals surface area (Å²) in [5.74, 6) is 0.437. The van der Waals surface area contributed by atoms with Crippen molar-refractivity contribution in [1.29, 1.82) is 0 Å². The first-order valence-corrected chi connectivity index (χ1v) is 7.05. The summed E-state index contributed by atoms with van der Waals surface area (Å²) in [5, 5.41) is 10.0. The highest BCUT2D eigenvalue weighted by atomic mass is 79.9. The number of aliphatic hydroxyl groups excluding tert-OH is 1. The van der Waals surface area contributed by atoms with Crippen molar-refractivity contribution in [2.24, 2.45) is 0 Å². The molecule has 1 unspecified atom stereocenters. The van der Waals surface area contributed by atoms with Gasteiger partial charge in [0, 0.05) is 6.42 Å². The minimum absolute atomic E-state index is 0.213. The number of hydrogen-bond acceptors (Lipinski definition) is 4. The number of halogens is 1. The molecule has 0 fully saturated rings. The van der Waals surface area contributed by atoms with Crippen LogP contribution < -0.4 is 4.74 Å². The minimum atomic E-state index is -0.684. The van der Waals surface area contributed by atoms with E-state index in [4.69, 9.17) is 9.47 Å². The van der Waals surface area contributed by atoms with E-state index >= 15 is 0 Å². The molecule has 0 heterocycles. The molecule has 0 aromatic heterocycles.